The van der Waals surface area contributed by atoms with Crippen molar-refractivity contribution in [1.29, 1.82) is 0 Å². The number of pyridine rings is 1. The number of hydrogen-bond acceptors (Lipinski definition) is 7. The van der Waals surface area contributed by atoms with Crippen LogP contribution in [0.15, 0.2) is 29.2 Å². The number of rotatable bonds is 5. The first-order valence-corrected chi connectivity index (χ1v) is 11.0. The first-order chi connectivity index (χ1) is 16.3. The minimum absolute atomic E-state index is 0.124. The molecule has 12 heteroatoms. The van der Waals surface area contributed by atoms with Crippen molar-refractivity contribution in [2.75, 3.05) is 36.5 Å². The highest BCUT2D eigenvalue weighted by Gasteiger charge is 2.36. The van der Waals surface area contributed by atoms with Crippen LogP contribution in [0.1, 0.15) is 29.9 Å². The minimum atomic E-state index is -0.521. The van der Waals surface area contributed by atoms with Gasteiger partial charge in [-0.1, -0.05) is 0 Å². The van der Waals surface area contributed by atoms with E-state index in [0.29, 0.717) is 43.3 Å². The van der Waals surface area contributed by atoms with E-state index in [2.05, 4.69) is 15.4 Å². The van der Waals surface area contributed by atoms with Gasteiger partial charge < -0.3 is 24.4 Å². The summed E-state index contributed by atoms with van der Waals surface area (Å²) in [6, 6.07) is 4.12. The van der Waals surface area contributed by atoms with E-state index in [1.807, 2.05) is 18.7 Å². The molecule has 0 unspecified atom stereocenters. The summed E-state index contributed by atoms with van der Waals surface area (Å²) in [7, 11) is 0. The third-order valence-electron chi connectivity index (χ3n) is 6.01. The Morgan fingerprint density at radius 2 is 2.00 bits per heavy atom. The van der Waals surface area contributed by atoms with Crippen molar-refractivity contribution in [2.45, 2.75) is 33.0 Å². The van der Waals surface area contributed by atoms with Gasteiger partial charge in [0.25, 0.3) is 11.5 Å². The summed E-state index contributed by atoms with van der Waals surface area (Å²) in [4.78, 5) is 46.9. The van der Waals surface area contributed by atoms with E-state index in [-0.39, 0.29) is 42.1 Å². The van der Waals surface area contributed by atoms with Crippen molar-refractivity contribution in [2.24, 2.45) is 0 Å². The predicted molar refractivity (Wildman–Crippen MR) is 120 cm³/mol. The number of carbonyl (C=O) groups is 2. The van der Waals surface area contributed by atoms with Gasteiger partial charge in [0.1, 0.15) is 29.5 Å². The molecule has 0 atom stereocenters. The maximum Gasteiger partial charge on any atom is 0.280 e. The molecule has 1 saturated heterocycles. The molecule has 2 aliphatic heterocycles. The van der Waals surface area contributed by atoms with Gasteiger partial charge in [0.15, 0.2) is 5.82 Å². The van der Waals surface area contributed by atoms with Gasteiger partial charge >= 0.3 is 0 Å². The van der Waals surface area contributed by atoms with Crippen LogP contribution in [0.3, 0.4) is 0 Å². The van der Waals surface area contributed by atoms with Crippen molar-refractivity contribution in [3.8, 4) is 0 Å². The zero-order valence-corrected chi connectivity index (χ0v) is 18.8. The van der Waals surface area contributed by atoms with Gasteiger partial charge in [0, 0.05) is 25.2 Å². The van der Waals surface area contributed by atoms with Gasteiger partial charge in [0.2, 0.25) is 5.91 Å². The maximum atomic E-state index is 13.3. The molecular formula is C22H24FN7O4. The molecule has 0 spiro atoms. The van der Waals surface area contributed by atoms with E-state index in [1.165, 1.54) is 21.2 Å². The summed E-state index contributed by atoms with van der Waals surface area (Å²) in [5.41, 5.74) is 0.446. The first kappa shape index (κ1) is 22.0. The fourth-order valence-electron chi connectivity index (χ4n) is 4.27. The van der Waals surface area contributed by atoms with Crippen LogP contribution in [0.5, 0.6) is 0 Å². The molecule has 178 valence electrons. The Hall–Kier alpha value is -3.80. The standard InChI is InChI=1S/C22H24FN7O4/c1-13(2)28-11-15-20(22(28)33)29(12-18(31)25-16-4-3-14(23)10-24-16)19-9-17(26-30(19)21(15)32)27-5-7-34-8-6-27/h3-4,9-10,13H,5-8,11-12H2,1-2H3,(H,24,25,31). The number of nitrogens with one attached hydrogen (secondary N) is 1. The number of morpholine rings is 1. The molecule has 1 N–H and O–H groups in total. The number of halogens is 1. The number of hydrogen-bond donors (Lipinski definition) is 1. The Balaban J connectivity index is 1.59. The summed E-state index contributed by atoms with van der Waals surface area (Å²) < 4.78 is 21.3. The molecule has 2 aliphatic rings. The van der Waals surface area contributed by atoms with E-state index in [0.717, 1.165) is 6.20 Å². The van der Waals surface area contributed by atoms with Gasteiger partial charge in [-0.25, -0.2) is 9.37 Å². The molecule has 0 bridgehead atoms. The van der Waals surface area contributed by atoms with Gasteiger partial charge in [-0.2, -0.15) is 4.52 Å². The molecule has 3 aromatic heterocycles. The molecule has 11 nitrogen and oxygen atoms in total. The quantitative estimate of drug-likeness (QED) is 0.590. The van der Waals surface area contributed by atoms with E-state index in [1.54, 1.807) is 11.0 Å². The second kappa shape index (κ2) is 8.52. The SMILES string of the molecule is CC(C)N1Cc2c(n(CC(=O)Nc3ccc(F)cn3)c3cc(N4CCOCC4)nn3c2=O)C1=O. The molecule has 1 fully saturated rings. The van der Waals surface area contributed by atoms with Crippen LogP contribution >= 0.6 is 0 Å². The topological polar surface area (TPSA) is 114 Å². The van der Waals surface area contributed by atoms with E-state index < -0.39 is 11.7 Å². The van der Waals surface area contributed by atoms with Crippen LogP contribution in [-0.4, -0.2) is 68.2 Å². The highest BCUT2D eigenvalue weighted by molar-refractivity contribution is 5.98. The van der Waals surface area contributed by atoms with Crippen molar-refractivity contribution < 1.29 is 18.7 Å². The molecule has 3 aromatic rings. The lowest BCUT2D eigenvalue weighted by Crippen LogP contribution is -2.36. The number of aromatic nitrogens is 4. The number of fused-ring (bicyclic) bond motifs is 2. The summed E-state index contributed by atoms with van der Waals surface area (Å²) in [5, 5.41) is 7.12. The molecule has 0 radical (unpaired) electrons. The third kappa shape index (κ3) is 3.79. The zero-order valence-electron chi connectivity index (χ0n) is 18.8. The van der Waals surface area contributed by atoms with E-state index in [4.69, 9.17) is 4.74 Å². The van der Waals surface area contributed by atoms with Gasteiger partial charge in [-0.15, -0.1) is 5.10 Å². The van der Waals surface area contributed by atoms with Crippen LogP contribution < -0.4 is 15.8 Å². The molecule has 34 heavy (non-hydrogen) atoms. The molecule has 5 heterocycles. The number of ether oxygens (including phenoxy) is 1. The Kier molecular flexibility index (Phi) is 5.52. The predicted octanol–water partition coefficient (Wildman–Crippen LogP) is 0.870. The second-order valence-electron chi connectivity index (χ2n) is 8.53. The summed E-state index contributed by atoms with van der Waals surface area (Å²) in [6.45, 7) is 5.96. The normalized spacial score (nSPS) is 15.9. The van der Waals surface area contributed by atoms with Gasteiger partial charge in [-0.05, 0) is 26.0 Å². The first-order valence-electron chi connectivity index (χ1n) is 11.0. The molecule has 0 saturated carbocycles. The Morgan fingerprint density at radius 1 is 1.24 bits per heavy atom. The van der Waals surface area contributed by atoms with Gasteiger partial charge in [0.05, 0.1) is 31.5 Å². The monoisotopic (exact) mass is 469 g/mol. The summed E-state index contributed by atoms with van der Waals surface area (Å²) in [6.07, 6.45) is 1.00. The van der Waals surface area contributed by atoms with Crippen LogP contribution in [0.4, 0.5) is 16.0 Å². The van der Waals surface area contributed by atoms with E-state index in [9.17, 15) is 18.8 Å². The minimum Gasteiger partial charge on any atom is -0.378 e. The highest BCUT2D eigenvalue weighted by atomic mass is 19.1. The van der Waals surface area contributed by atoms with Crippen molar-refractivity contribution in [3.63, 3.8) is 0 Å². The molecule has 0 aliphatic carbocycles. The lowest BCUT2D eigenvalue weighted by molar-refractivity contribution is -0.116. The average molecular weight is 469 g/mol. The van der Waals surface area contributed by atoms with Crippen molar-refractivity contribution in [1.82, 2.24) is 24.1 Å². The summed E-state index contributed by atoms with van der Waals surface area (Å²) in [5.74, 6) is -0.556. The number of nitrogens with zero attached hydrogens (tertiary/aromatic N) is 6. The number of carbonyl (C=O) groups excluding carboxylic acids is 2. The second-order valence-corrected chi connectivity index (χ2v) is 8.53. The third-order valence-corrected chi connectivity index (χ3v) is 6.01. The van der Waals surface area contributed by atoms with Crippen LogP contribution in [0.25, 0.3) is 5.65 Å². The number of amides is 2. The fourth-order valence-corrected chi connectivity index (χ4v) is 4.27. The Labute approximate surface area is 193 Å². The largest absolute Gasteiger partial charge is 0.378 e. The van der Waals surface area contributed by atoms with Crippen LogP contribution in [-0.2, 0) is 22.6 Å². The summed E-state index contributed by atoms with van der Waals surface area (Å²) >= 11 is 0. The van der Waals surface area contributed by atoms with Crippen LogP contribution in [0.2, 0.25) is 0 Å². The molecule has 5 rings (SSSR count). The Bertz CT molecular complexity index is 1330. The Morgan fingerprint density at radius 3 is 2.68 bits per heavy atom. The van der Waals surface area contributed by atoms with Crippen molar-refractivity contribution >= 4 is 29.1 Å². The number of anilines is 2. The maximum absolute atomic E-state index is 13.3. The van der Waals surface area contributed by atoms with Crippen molar-refractivity contribution in [3.05, 3.63) is 51.8 Å². The average Bonchev–Trinajstić information content (AvgIpc) is 3.42. The fraction of sp³-hybridized carbons (Fsp3) is 0.409. The molecule has 0 aromatic carbocycles. The van der Waals surface area contributed by atoms with E-state index >= 15 is 0 Å². The highest BCUT2D eigenvalue weighted by Crippen LogP contribution is 2.26. The zero-order chi connectivity index (χ0) is 24.0. The van der Waals surface area contributed by atoms with Crippen LogP contribution in [0, 0.1) is 5.82 Å². The lowest BCUT2D eigenvalue weighted by Gasteiger charge is -2.26. The molecular weight excluding hydrogens is 445 g/mol. The lowest BCUT2D eigenvalue weighted by atomic mass is 10.2. The smallest absolute Gasteiger partial charge is 0.280 e. The molecule has 2 amide bonds. The van der Waals surface area contributed by atoms with Gasteiger partial charge in [-0.3, -0.25) is 14.4 Å².